The van der Waals surface area contributed by atoms with E-state index in [0.717, 1.165) is 12.1 Å². The van der Waals surface area contributed by atoms with Crippen molar-refractivity contribution in [2.24, 2.45) is 0 Å². The molecular formula is C19H20FNO3S2. The van der Waals surface area contributed by atoms with Gasteiger partial charge in [0.25, 0.3) is 0 Å². The summed E-state index contributed by atoms with van der Waals surface area (Å²) in [6.07, 6.45) is 1.70. The number of benzene rings is 2. The van der Waals surface area contributed by atoms with E-state index in [9.17, 15) is 17.6 Å². The Balaban J connectivity index is 2.23. The zero-order valence-electron chi connectivity index (χ0n) is 14.1. The Morgan fingerprint density at radius 1 is 1.15 bits per heavy atom. The van der Waals surface area contributed by atoms with Crippen LogP contribution >= 0.6 is 11.8 Å². The molecule has 0 saturated heterocycles. The van der Waals surface area contributed by atoms with E-state index in [0.29, 0.717) is 11.3 Å². The Hall–Kier alpha value is -2.12. The molecule has 1 N–H and O–H groups in total. The SMILES string of the molecule is C=CCSCC(=O)NCC(c1ccccc1)S(=O)(=O)c1ccc(F)cc1. The first-order valence-electron chi connectivity index (χ1n) is 7.95. The molecule has 0 heterocycles. The summed E-state index contributed by atoms with van der Waals surface area (Å²) in [6, 6.07) is 13.4. The molecule has 26 heavy (non-hydrogen) atoms. The number of hydrogen-bond donors (Lipinski definition) is 1. The Morgan fingerprint density at radius 3 is 2.42 bits per heavy atom. The van der Waals surface area contributed by atoms with E-state index in [1.54, 1.807) is 36.4 Å². The van der Waals surface area contributed by atoms with Gasteiger partial charge in [0.1, 0.15) is 11.1 Å². The molecule has 0 saturated carbocycles. The van der Waals surface area contributed by atoms with Crippen LogP contribution in [0.4, 0.5) is 4.39 Å². The Bertz CT molecular complexity index is 837. The van der Waals surface area contributed by atoms with E-state index in [-0.39, 0.29) is 23.1 Å². The first-order valence-corrected chi connectivity index (χ1v) is 10.6. The molecular weight excluding hydrogens is 373 g/mol. The van der Waals surface area contributed by atoms with Crippen molar-refractivity contribution in [3.8, 4) is 0 Å². The maximum Gasteiger partial charge on any atom is 0.230 e. The maximum atomic E-state index is 13.1. The van der Waals surface area contributed by atoms with Gasteiger partial charge in [-0.2, -0.15) is 0 Å². The summed E-state index contributed by atoms with van der Waals surface area (Å²) in [4.78, 5) is 12.0. The zero-order chi connectivity index (χ0) is 19.0. The number of halogens is 1. The monoisotopic (exact) mass is 393 g/mol. The van der Waals surface area contributed by atoms with E-state index >= 15 is 0 Å². The van der Waals surface area contributed by atoms with E-state index in [2.05, 4.69) is 11.9 Å². The number of rotatable bonds is 9. The lowest BCUT2D eigenvalue weighted by molar-refractivity contribution is -0.118. The number of nitrogens with one attached hydrogen (secondary N) is 1. The minimum Gasteiger partial charge on any atom is -0.354 e. The quantitative estimate of drug-likeness (QED) is 0.403. The number of thioether (sulfide) groups is 1. The summed E-state index contributed by atoms with van der Waals surface area (Å²) >= 11 is 1.39. The van der Waals surface area contributed by atoms with Gasteiger partial charge < -0.3 is 5.32 Å². The van der Waals surface area contributed by atoms with Gasteiger partial charge in [-0.05, 0) is 29.8 Å². The van der Waals surface area contributed by atoms with E-state index < -0.39 is 20.9 Å². The van der Waals surface area contributed by atoms with Crippen LogP contribution < -0.4 is 5.32 Å². The van der Waals surface area contributed by atoms with Crippen molar-refractivity contribution in [2.75, 3.05) is 18.1 Å². The van der Waals surface area contributed by atoms with Crippen molar-refractivity contribution in [2.45, 2.75) is 10.1 Å². The minimum atomic E-state index is -3.80. The van der Waals surface area contributed by atoms with Gasteiger partial charge >= 0.3 is 0 Å². The molecule has 138 valence electrons. The summed E-state index contributed by atoms with van der Waals surface area (Å²) < 4.78 is 39.2. The predicted molar refractivity (Wildman–Crippen MR) is 103 cm³/mol. The maximum absolute atomic E-state index is 13.1. The molecule has 0 aliphatic heterocycles. The lowest BCUT2D eigenvalue weighted by atomic mass is 10.1. The van der Waals surface area contributed by atoms with Crippen LogP contribution in [0.15, 0.2) is 72.1 Å². The highest BCUT2D eigenvalue weighted by Gasteiger charge is 2.29. The first-order chi connectivity index (χ1) is 12.4. The van der Waals surface area contributed by atoms with Gasteiger partial charge in [0.05, 0.1) is 10.6 Å². The number of amides is 1. The zero-order valence-corrected chi connectivity index (χ0v) is 15.7. The van der Waals surface area contributed by atoms with Crippen molar-refractivity contribution in [1.82, 2.24) is 5.32 Å². The van der Waals surface area contributed by atoms with Gasteiger partial charge in [-0.1, -0.05) is 36.4 Å². The molecule has 2 aromatic carbocycles. The van der Waals surface area contributed by atoms with Gasteiger partial charge in [0.2, 0.25) is 5.91 Å². The highest BCUT2D eigenvalue weighted by atomic mass is 32.2. The van der Waals surface area contributed by atoms with Gasteiger partial charge in [0, 0.05) is 12.3 Å². The number of carbonyl (C=O) groups excluding carboxylic acids is 1. The Kier molecular flexibility index (Phi) is 7.41. The molecule has 0 fully saturated rings. The highest BCUT2D eigenvalue weighted by molar-refractivity contribution is 8.00. The third-order valence-electron chi connectivity index (χ3n) is 3.64. The molecule has 1 amide bonds. The lowest BCUT2D eigenvalue weighted by Gasteiger charge is -2.19. The molecule has 2 rings (SSSR count). The second-order valence-corrected chi connectivity index (χ2v) is 8.67. The molecule has 1 atom stereocenters. The molecule has 4 nitrogen and oxygen atoms in total. The summed E-state index contributed by atoms with van der Waals surface area (Å²) in [6.45, 7) is 3.53. The predicted octanol–water partition coefficient (Wildman–Crippen LogP) is 3.38. The fraction of sp³-hybridized carbons (Fsp3) is 0.211. The standard InChI is InChI=1S/C19H20FNO3S2/c1-2-12-25-14-19(22)21-13-18(15-6-4-3-5-7-15)26(23,24)17-10-8-16(20)9-11-17/h2-11,18H,1,12-14H2,(H,21,22). The summed E-state index contributed by atoms with van der Waals surface area (Å²) in [5.74, 6) is 0.118. The second-order valence-electron chi connectivity index (χ2n) is 5.51. The average molecular weight is 394 g/mol. The van der Waals surface area contributed by atoms with Gasteiger partial charge in [0.15, 0.2) is 9.84 Å². The van der Waals surface area contributed by atoms with Crippen LogP contribution in [0.5, 0.6) is 0 Å². The Morgan fingerprint density at radius 2 is 1.81 bits per heavy atom. The van der Waals surface area contributed by atoms with E-state index in [1.807, 2.05) is 0 Å². The highest BCUT2D eigenvalue weighted by Crippen LogP contribution is 2.28. The van der Waals surface area contributed by atoms with Crippen molar-refractivity contribution in [3.63, 3.8) is 0 Å². The van der Waals surface area contributed by atoms with E-state index in [1.165, 1.54) is 23.9 Å². The summed E-state index contributed by atoms with van der Waals surface area (Å²) in [7, 11) is -3.80. The molecule has 0 radical (unpaired) electrons. The number of hydrogen-bond acceptors (Lipinski definition) is 4. The fourth-order valence-corrected chi connectivity index (χ4v) is 4.59. The molecule has 0 aliphatic rings. The molecule has 0 aromatic heterocycles. The second kappa shape index (κ2) is 9.54. The van der Waals surface area contributed by atoms with Crippen LogP contribution in [0, 0.1) is 5.82 Å². The first kappa shape index (κ1) is 20.2. The third kappa shape index (κ3) is 5.44. The van der Waals surface area contributed by atoms with Crippen LogP contribution in [0.1, 0.15) is 10.8 Å². The third-order valence-corrected chi connectivity index (χ3v) is 6.70. The fourth-order valence-electron chi connectivity index (χ4n) is 2.36. The van der Waals surface area contributed by atoms with Crippen LogP contribution in [0.3, 0.4) is 0 Å². The van der Waals surface area contributed by atoms with Crippen molar-refractivity contribution < 1.29 is 17.6 Å². The van der Waals surface area contributed by atoms with Gasteiger partial charge in [-0.25, -0.2) is 12.8 Å². The smallest absolute Gasteiger partial charge is 0.230 e. The van der Waals surface area contributed by atoms with Gasteiger partial charge in [-0.3, -0.25) is 4.79 Å². The van der Waals surface area contributed by atoms with Crippen LogP contribution in [0.25, 0.3) is 0 Å². The number of carbonyl (C=O) groups is 1. The average Bonchev–Trinajstić information content (AvgIpc) is 2.63. The number of sulfone groups is 1. The summed E-state index contributed by atoms with van der Waals surface area (Å²) in [5.41, 5.74) is 0.566. The molecule has 0 spiro atoms. The van der Waals surface area contributed by atoms with Crippen LogP contribution in [-0.4, -0.2) is 32.4 Å². The van der Waals surface area contributed by atoms with E-state index in [4.69, 9.17) is 0 Å². The molecule has 1 unspecified atom stereocenters. The van der Waals surface area contributed by atoms with Crippen molar-refractivity contribution in [1.29, 1.82) is 0 Å². The Labute approximate surface area is 157 Å². The largest absolute Gasteiger partial charge is 0.354 e. The molecule has 2 aromatic rings. The lowest BCUT2D eigenvalue weighted by Crippen LogP contribution is -2.33. The molecule has 0 aliphatic carbocycles. The topological polar surface area (TPSA) is 63.2 Å². The van der Waals surface area contributed by atoms with Crippen molar-refractivity contribution >= 4 is 27.5 Å². The molecule has 7 heteroatoms. The van der Waals surface area contributed by atoms with Crippen LogP contribution in [0.2, 0.25) is 0 Å². The summed E-state index contributed by atoms with van der Waals surface area (Å²) in [5, 5.41) is 1.72. The van der Waals surface area contributed by atoms with Crippen molar-refractivity contribution in [3.05, 3.63) is 78.6 Å². The minimum absolute atomic E-state index is 0.0167. The normalized spacial score (nSPS) is 12.3. The van der Waals surface area contributed by atoms with Gasteiger partial charge in [-0.15, -0.1) is 18.3 Å². The molecule has 0 bridgehead atoms. The van der Waals surface area contributed by atoms with Crippen LogP contribution in [-0.2, 0) is 14.6 Å².